The average molecular weight is 359 g/mol. The summed E-state index contributed by atoms with van der Waals surface area (Å²) < 4.78 is 5.42. The van der Waals surface area contributed by atoms with E-state index in [1.54, 1.807) is 17.8 Å². The van der Waals surface area contributed by atoms with Gasteiger partial charge >= 0.3 is 0 Å². The first-order chi connectivity index (χ1) is 10.6. The van der Waals surface area contributed by atoms with Crippen molar-refractivity contribution in [2.45, 2.75) is 10.9 Å². The van der Waals surface area contributed by atoms with Gasteiger partial charge in [0.15, 0.2) is 5.82 Å². The van der Waals surface area contributed by atoms with Gasteiger partial charge in [-0.15, -0.1) is 11.8 Å². The minimum absolute atomic E-state index is 0.109. The zero-order valence-electron chi connectivity index (χ0n) is 12.3. The predicted octanol–water partition coefficient (Wildman–Crippen LogP) is 3.34. The van der Waals surface area contributed by atoms with Crippen molar-refractivity contribution in [3.63, 3.8) is 0 Å². The molecule has 1 unspecified atom stereocenters. The number of hydrogen-bond acceptors (Lipinski definition) is 6. The maximum Gasteiger partial charge on any atom is 0.259 e. The van der Waals surface area contributed by atoms with Crippen molar-refractivity contribution in [3.05, 3.63) is 28.0 Å². The van der Waals surface area contributed by atoms with Crippen LogP contribution in [0.15, 0.2) is 21.6 Å². The average Bonchev–Trinajstić information content (AvgIpc) is 2.97. The molecule has 1 atom stereocenters. The lowest BCUT2D eigenvalue weighted by atomic mass is 10.2. The quantitative estimate of drug-likeness (QED) is 0.849. The molecule has 0 spiro atoms. The number of nitrogens with one attached hydrogen (secondary N) is 1. The van der Waals surface area contributed by atoms with Crippen molar-refractivity contribution in [2.24, 2.45) is 0 Å². The molecule has 1 N–H and O–H groups in total. The molecule has 1 aliphatic heterocycles. The Hall–Kier alpha value is -0.790. The van der Waals surface area contributed by atoms with Gasteiger partial charge < -0.3 is 9.84 Å². The van der Waals surface area contributed by atoms with Gasteiger partial charge in [0.25, 0.3) is 5.89 Å². The second kappa shape index (κ2) is 6.76. The highest BCUT2D eigenvalue weighted by atomic mass is 35.5. The highest BCUT2D eigenvalue weighted by Crippen LogP contribution is 2.36. The molecule has 22 heavy (non-hydrogen) atoms. The zero-order chi connectivity index (χ0) is 15.7. The van der Waals surface area contributed by atoms with Crippen molar-refractivity contribution < 1.29 is 4.52 Å². The second-order valence-electron chi connectivity index (χ2n) is 5.12. The number of likely N-dealkylation sites (N-methyl/N-ethyl adjacent to an activating group) is 1. The lowest BCUT2D eigenvalue weighted by Crippen LogP contribution is -2.44. The number of aromatic nitrogens is 2. The van der Waals surface area contributed by atoms with E-state index >= 15 is 0 Å². The first-order valence-electron chi connectivity index (χ1n) is 6.88. The standard InChI is InChI=1S/C14H16Cl2N4OS/c1-20-4-3-17-7-11(20)13-18-14(21-19-13)8-5-12(22-2)10(16)6-9(8)15/h5-6,11,17H,3-4,7H2,1-2H3. The fourth-order valence-corrected chi connectivity index (χ4v) is 3.61. The van der Waals surface area contributed by atoms with Crippen LogP contribution in [0.25, 0.3) is 11.5 Å². The summed E-state index contributed by atoms with van der Waals surface area (Å²) in [7, 11) is 2.06. The summed E-state index contributed by atoms with van der Waals surface area (Å²) in [5, 5.41) is 8.59. The Labute approximate surface area is 143 Å². The highest BCUT2D eigenvalue weighted by molar-refractivity contribution is 7.98. The molecular weight excluding hydrogens is 343 g/mol. The third-order valence-corrected chi connectivity index (χ3v) is 5.24. The van der Waals surface area contributed by atoms with Gasteiger partial charge in [0, 0.05) is 24.5 Å². The van der Waals surface area contributed by atoms with Gasteiger partial charge in [-0.25, -0.2) is 0 Å². The van der Waals surface area contributed by atoms with Crippen molar-refractivity contribution in [1.82, 2.24) is 20.4 Å². The Morgan fingerprint density at radius 2 is 2.18 bits per heavy atom. The van der Waals surface area contributed by atoms with E-state index in [9.17, 15) is 0 Å². The minimum atomic E-state index is 0.109. The molecule has 2 heterocycles. The molecule has 0 bridgehead atoms. The van der Waals surface area contributed by atoms with E-state index in [1.165, 1.54) is 0 Å². The van der Waals surface area contributed by atoms with E-state index in [2.05, 4.69) is 27.4 Å². The lowest BCUT2D eigenvalue weighted by molar-refractivity contribution is 0.190. The normalized spacial score (nSPS) is 19.5. The highest BCUT2D eigenvalue weighted by Gasteiger charge is 2.26. The maximum absolute atomic E-state index is 6.27. The van der Waals surface area contributed by atoms with Crippen LogP contribution >= 0.6 is 35.0 Å². The fourth-order valence-electron chi connectivity index (χ4n) is 2.42. The van der Waals surface area contributed by atoms with Crippen LogP contribution < -0.4 is 5.32 Å². The van der Waals surface area contributed by atoms with Crippen LogP contribution in [-0.4, -0.2) is 48.0 Å². The molecule has 2 aromatic rings. The SMILES string of the molecule is CSc1cc(-c2nc(C3CNCCN3C)no2)c(Cl)cc1Cl. The number of benzene rings is 1. The van der Waals surface area contributed by atoms with Crippen molar-refractivity contribution in [3.8, 4) is 11.5 Å². The van der Waals surface area contributed by atoms with E-state index in [0.717, 1.165) is 24.5 Å². The van der Waals surface area contributed by atoms with Crippen molar-refractivity contribution in [1.29, 1.82) is 0 Å². The number of thioether (sulfide) groups is 1. The summed E-state index contributed by atoms with van der Waals surface area (Å²) >= 11 is 14.0. The molecule has 1 aromatic heterocycles. The number of piperazine rings is 1. The maximum atomic E-state index is 6.27. The number of rotatable bonds is 3. The molecule has 118 valence electrons. The Morgan fingerprint density at radius 3 is 2.91 bits per heavy atom. The van der Waals surface area contributed by atoms with E-state index < -0.39 is 0 Å². The Balaban J connectivity index is 1.93. The minimum Gasteiger partial charge on any atom is -0.334 e. The van der Waals surface area contributed by atoms with Gasteiger partial charge in [-0.05, 0) is 25.4 Å². The first kappa shape index (κ1) is 16.1. The van der Waals surface area contributed by atoms with Crippen molar-refractivity contribution in [2.75, 3.05) is 32.9 Å². The molecule has 1 aromatic carbocycles. The van der Waals surface area contributed by atoms with Gasteiger partial charge in [0.1, 0.15) is 0 Å². The molecule has 8 heteroatoms. The summed E-state index contributed by atoms with van der Waals surface area (Å²) in [6.07, 6.45) is 1.96. The topological polar surface area (TPSA) is 54.2 Å². The third kappa shape index (κ3) is 3.12. The van der Waals surface area contributed by atoms with Crippen LogP contribution in [0, 0.1) is 0 Å². The summed E-state index contributed by atoms with van der Waals surface area (Å²) in [4.78, 5) is 7.66. The molecule has 0 saturated carbocycles. The van der Waals surface area contributed by atoms with Crippen LogP contribution in [0.3, 0.4) is 0 Å². The summed E-state index contributed by atoms with van der Waals surface area (Å²) in [6.45, 7) is 2.73. The largest absolute Gasteiger partial charge is 0.334 e. The molecule has 0 aliphatic carbocycles. The summed E-state index contributed by atoms with van der Waals surface area (Å²) in [6, 6.07) is 3.70. The molecular formula is C14H16Cl2N4OS. The Kier molecular flexibility index (Phi) is 4.94. The van der Waals surface area contributed by atoms with Crippen LogP contribution in [0.2, 0.25) is 10.0 Å². The van der Waals surface area contributed by atoms with Crippen LogP contribution in [-0.2, 0) is 0 Å². The van der Waals surface area contributed by atoms with E-state index in [4.69, 9.17) is 27.7 Å². The summed E-state index contributed by atoms with van der Waals surface area (Å²) in [5.41, 5.74) is 0.709. The van der Waals surface area contributed by atoms with Gasteiger partial charge in [0.05, 0.1) is 21.7 Å². The van der Waals surface area contributed by atoms with Crippen LogP contribution in [0.1, 0.15) is 11.9 Å². The number of nitrogens with zero attached hydrogens (tertiary/aromatic N) is 3. The third-order valence-electron chi connectivity index (χ3n) is 3.72. The monoisotopic (exact) mass is 358 g/mol. The molecule has 3 rings (SSSR count). The number of hydrogen-bond donors (Lipinski definition) is 1. The van der Waals surface area contributed by atoms with Crippen LogP contribution in [0.5, 0.6) is 0 Å². The van der Waals surface area contributed by atoms with Crippen LogP contribution in [0.4, 0.5) is 0 Å². The van der Waals surface area contributed by atoms with Gasteiger partial charge in [-0.3, -0.25) is 4.90 Å². The van der Waals surface area contributed by atoms with E-state index in [0.29, 0.717) is 27.3 Å². The van der Waals surface area contributed by atoms with Gasteiger partial charge in [0.2, 0.25) is 0 Å². The van der Waals surface area contributed by atoms with E-state index in [-0.39, 0.29) is 6.04 Å². The molecule has 1 saturated heterocycles. The predicted molar refractivity (Wildman–Crippen MR) is 89.8 cm³/mol. The zero-order valence-corrected chi connectivity index (χ0v) is 14.6. The lowest BCUT2D eigenvalue weighted by Gasteiger charge is -2.30. The summed E-state index contributed by atoms with van der Waals surface area (Å²) in [5.74, 6) is 1.09. The van der Waals surface area contributed by atoms with Crippen molar-refractivity contribution >= 4 is 35.0 Å². The second-order valence-corrected chi connectivity index (χ2v) is 6.79. The molecule has 1 fully saturated rings. The molecule has 5 nitrogen and oxygen atoms in total. The van der Waals surface area contributed by atoms with E-state index in [1.807, 2.05) is 12.3 Å². The molecule has 0 radical (unpaired) electrons. The van der Waals surface area contributed by atoms with Gasteiger partial charge in [-0.1, -0.05) is 28.4 Å². The Morgan fingerprint density at radius 1 is 1.36 bits per heavy atom. The Bertz CT molecular complexity index is 679. The number of halogens is 2. The molecule has 0 amide bonds. The smallest absolute Gasteiger partial charge is 0.259 e. The first-order valence-corrected chi connectivity index (χ1v) is 8.86. The molecule has 1 aliphatic rings. The van der Waals surface area contributed by atoms with Gasteiger partial charge in [-0.2, -0.15) is 4.98 Å². The fraction of sp³-hybridized carbons (Fsp3) is 0.429.